The molecule has 1 aromatic rings. The van der Waals surface area contributed by atoms with E-state index in [0.29, 0.717) is 6.04 Å². The molecule has 0 aromatic carbocycles. The molecule has 0 radical (unpaired) electrons. The molecule has 19 heavy (non-hydrogen) atoms. The van der Waals surface area contributed by atoms with Crippen LogP contribution in [0.15, 0.2) is 9.85 Å². The van der Waals surface area contributed by atoms with Gasteiger partial charge in [0, 0.05) is 17.5 Å². The number of fused-ring (bicyclic) bond motifs is 1. The lowest BCUT2D eigenvalue weighted by molar-refractivity contribution is -0.122. The van der Waals surface area contributed by atoms with E-state index in [2.05, 4.69) is 39.6 Å². The van der Waals surface area contributed by atoms with Gasteiger partial charge >= 0.3 is 0 Å². The van der Waals surface area contributed by atoms with Crippen molar-refractivity contribution in [3.63, 3.8) is 0 Å². The van der Waals surface area contributed by atoms with Crippen molar-refractivity contribution < 1.29 is 4.79 Å². The highest BCUT2D eigenvalue weighted by Crippen LogP contribution is 2.38. The van der Waals surface area contributed by atoms with Crippen LogP contribution in [-0.4, -0.2) is 18.5 Å². The van der Waals surface area contributed by atoms with Crippen molar-refractivity contribution in [2.45, 2.75) is 51.6 Å². The summed E-state index contributed by atoms with van der Waals surface area (Å²) in [6.07, 6.45) is 4.45. The first-order valence-corrected chi connectivity index (χ1v) is 8.54. The van der Waals surface area contributed by atoms with Gasteiger partial charge in [0.25, 0.3) is 0 Å². The highest BCUT2D eigenvalue weighted by atomic mass is 79.9. The van der Waals surface area contributed by atoms with Crippen molar-refractivity contribution in [2.24, 2.45) is 0 Å². The smallest absolute Gasteiger partial charge is 0.236 e. The number of halogens is 1. The molecule has 1 aliphatic carbocycles. The summed E-state index contributed by atoms with van der Waals surface area (Å²) >= 11 is 5.38. The molecule has 0 saturated heterocycles. The van der Waals surface area contributed by atoms with Crippen LogP contribution in [0.4, 0.5) is 0 Å². The Morgan fingerprint density at radius 1 is 1.63 bits per heavy atom. The second kappa shape index (κ2) is 6.86. The van der Waals surface area contributed by atoms with Crippen molar-refractivity contribution in [1.82, 2.24) is 10.6 Å². The summed E-state index contributed by atoms with van der Waals surface area (Å²) in [6.45, 7) is 4.76. The average molecular weight is 345 g/mol. The number of thiophene rings is 1. The van der Waals surface area contributed by atoms with E-state index in [1.165, 1.54) is 27.1 Å². The number of amides is 1. The second-order valence-corrected chi connectivity index (χ2v) is 7.57. The Morgan fingerprint density at radius 3 is 3.16 bits per heavy atom. The predicted octanol–water partition coefficient (Wildman–Crippen LogP) is 3.39. The number of hydrogen-bond donors (Lipinski definition) is 2. The Labute approximate surface area is 127 Å². The van der Waals surface area contributed by atoms with Gasteiger partial charge in [-0.25, -0.2) is 0 Å². The summed E-state index contributed by atoms with van der Waals surface area (Å²) in [5.41, 5.74) is 1.37. The summed E-state index contributed by atoms with van der Waals surface area (Å²) in [7, 11) is 0. The van der Waals surface area contributed by atoms with Gasteiger partial charge in [0.05, 0.1) is 9.83 Å². The van der Waals surface area contributed by atoms with Crippen LogP contribution in [0.1, 0.15) is 49.6 Å². The third-order valence-electron chi connectivity index (χ3n) is 3.48. The molecule has 3 nitrogen and oxygen atoms in total. The van der Waals surface area contributed by atoms with Crippen LogP contribution >= 0.6 is 27.3 Å². The van der Waals surface area contributed by atoms with E-state index in [4.69, 9.17) is 0 Å². The minimum Gasteiger partial charge on any atom is -0.355 e. The molecule has 1 aliphatic rings. The molecule has 2 rings (SSSR count). The second-order valence-electron chi connectivity index (χ2n) is 5.05. The molecule has 1 aromatic heterocycles. The molecule has 2 N–H and O–H groups in total. The molecule has 0 aliphatic heterocycles. The highest BCUT2D eigenvalue weighted by Gasteiger charge is 2.25. The van der Waals surface area contributed by atoms with E-state index < -0.39 is 0 Å². The first kappa shape index (κ1) is 15.0. The van der Waals surface area contributed by atoms with E-state index in [1.54, 1.807) is 0 Å². The molecule has 0 saturated carbocycles. The first-order valence-electron chi connectivity index (χ1n) is 6.93. The number of aryl methyl sites for hydroxylation is 1. The summed E-state index contributed by atoms with van der Waals surface area (Å²) in [5, 5.41) is 6.41. The van der Waals surface area contributed by atoms with Gasteiger partial charge in [-0.05, 0) is 60.2 Å². The zero-order chi connectivity index (χ0) is 13.8. The minimum absolute atomic E-state index is 0.100. The van der Waals surface area contributed by atoms with E-state index in [-0.39, 0.29) is 11.9 Å². The van der Waals surface area contributed by atoms with E-state index in [0.717, 1.165) is 19.4 Å². The molecule has 5 heteroatoms. The largest absolute Gasteiger partial charge is 0.355 e. The third kappa shape index (κ3) is 3.80. The molecule has 2 unspecified atom stereocenters. The maximum Gasteiger partial charge on any atom is 0.236 e. The average Bonchev–Trinajstić information content (AvgIpc) is 2.77. The van der Waals surface area contributed by atoms with Gasteiger partial charge in [0.2, 0.25) is 5.91 Å². The van der Waals surface area contributed by atoms with Crippen LogP contribution < -0.4 is 10.6 Å². The summed E-state index contributed by atoms with van der Waals surface area (Å²) in [6, 6.07) is 2.38. The Hall–Kier alpha value is -0.390. The maximum atomic E-state index is 11.9. The summed E-state index contributed by atoms with van der Waals surface area (Å²) in [4.78, 5) is 13.4. The zero-order valence-corrected chi connectivity index (χ0v) is 13.9. The maximum absolute atomic E-state index is 11.9. The monoisotopic (exact) mass is 344 g/mol. The van der Waals surface area contributed by atoms with Gasteiger partial charge in [-0.3, -0.25) is 10.1 Å². The molecular weight excluding hydrogens is 324 g/mol. The molecule has 1 amide bonds. The first-order chi connectivity index (χ1) is 9.11. The van der Waals surface area contributed by atoms with Crippen molar-refractivity contribution in [2.75, 3.05) is 6.54 Å². The number of carbonyl (C=O) groups excluding carboxylic acids is 1. The molecule has 0 fully saturated rings. The zero-order valence-electron chi connectivity index (χ0n) is 11.5. The van der Waals surface area contributed by atoms with Gasteiger partial charge in [-0.15, -0.1) is 11.3 Å². The van der Waals surface area contributed by atoms with Crippen LogP contribution in [0.3, 0.4) is 0 Å². The lowest BCUT2D eigenvalue weighted by Gasteiger charge is -2.26. The number of nitrogens with one attached hydrogen (secondary N) is 2. The van der Waals surface area contributed by atoms with Gasteiger partial charge in [0.15, 0.2) is 0 Å². The van der Waals surface area contributed by atoms with Crippen LogP contribution in [0.5, 0.6) is 0 Å². The Kier molecular flexibility index (Phi) is 5.42. The van der Waals surface area contributed by atoms with E-state index in [9.17, 15) is 4.79 Å². The van der Waals surface area contributed by atoms with E-state index >= 15 is 0 Å². The van der Waals surface area contributed by atoms with Crippen LogP contribution in [0.25, 0.3) is 0 Å². The van der Waals surface area contributed by atoms with Crippen molar-refractivity contribution >= 4 is 33.2 Å². The van der Waals surface area contributed by atoms with Gasteiger partial charge in [-0.2, -0.15) is 0 Å². The molecular formula is C14H21BrN2OS. The van der Waals surface area contributed by atoms with Crippen LogP contribution in [0, 0.1) is 0 Å². The molecule has 0 spiro atoms. The molecule has 1 heterocycles. The van der Waals surface area contributed by atoms with E-state index in [1.807, 2.05) is 18.3 Å². The lowest BCUT2D eigenvalue weighted by atomic mass is 9.93. The Morgan fingerprint density at radius 2 is 2.42 bits per heavy atom. The Bertz CT molecular complexity index is 447. The SMILES string of the molecule is CCCNC(=O)C(C)NC1CCCc2sc(Br)cc21. The van der Waals surface area contributed by atoms with Gasteiger partial charge < -0.3 is 5.32 Å². The predicted molar refractivity (Wildman–Crippen MR) is 83.6 cm³/mol. The lowest BCUT2D eigenvalue weighted by Crippen LogP contribution is -2.44. The van der Waals surface area contributed by atoms with Gasteiger partial charge in [-0.1, -0.05) is 6.92 Å². The van der Waals surface area contributed by atoms with Gasteiger partial charge in [0.1, 0.15) is 0 Å². The van der Waals surface area contributed by atoms with Crippen molar-refractivity contribution in [1.29, 1.82) is 0 Å². The number of hydrogen-bond acceptors (Lipinski definition) is 3. The third-order valence-corrected chi connectivity index (χ3v) is 5.19. The quantitative estimate of drug-likeness (QED) is 0.859. The van der Waals surface area contributed by atoms with Crippen molar-refractivity contribution in [3.05, 3.63) is 20.3 Å². The fourth-order valence-electron chi connectivity index (χ4n) is 2.47. The topological polar surface area (TPSA) is 41.1 Å². The fourth-order valence-corrected chi connectivity index (χ4v) is 4.29. The molecule has 0 bridgehead atoms. The van der Waals surface area contributed by atoms with Crippen molar-refractivity contribution in [3.8, 4) is 0 Å². The number of rotatable bonds is 5. The van der Waals surface area contributed by atoms with Crippen LogP contribution in [0.2, 0.25) is 0 Å². The summed E-state index contributed by atoms with van der Waals surface area (Å²) < 4.78 is 1.19. The van der Waals surface area contributed by atoms with Crippen LogP contribution in [-0.2, 0) is 11.2 Å². The number of carbonyl (C=O) groups is 1. The fraction of sp³-hybridized carbons (Fsp3) is 0.643. The minimum atomic E-state index is -0.138. The Balaban J connectivity index is 1.98. The highest BCUT2D eigenvalue weighted by molar-refractivity contribution is 9.11. The molecule has 106 valence electrons. The normalized spacial score (nSPS) is 19.8. The standard InChI is InChI=1S/C14H21BrN2OS/c1-3-7-16-14(18)9(2)17-11-5-4-6-12-10(11)8-13(15)19-12/h8-9,11,17H,3-7H2,1-2H3,(H,16,18). The molecule has 2 atom stereocenters. The summed E-state index contributed by atoms with van der Waals surface area (Å²) in [5.74, 6) is 0.100.